The second kappa shape index (κ2) is 16.0. The van der Waals surface area contributed by atoms with Crippen molar-refractivity contribution >= 4 is 23.3 Å². The first kappa shape index (κ1) is 33.5. The van der Waals surface area contributed by atoms with Crippen molar-refractivity contribution in [3.63, 3.8) is 0 Å². The van der Waals surface area contributed by atoms with Gasteiger partial charge in [0, 0.05) is 29.5 Å². The highest BCUT2D eigenvalue weighted by Gasteiger charge is 2.41. The highest BCUT2D eigenvalue weighted by atomic mass is 16.3. The van der Waals surface area contributed by atoms with E-state index in [0.717, 1.165) is 42.5 Å². The number of rotatable bonds is 12. The molecule has 1 fully saturated rings. The van der Waals surface area contributed by atoms with Gasteiger partial charge in [0.05, 0.1) is 24.0 Å². The molecule has 0 amide bonds. The molecule has 6 unspecified atom stereocenters. The number of aromatic amines is 1. The summed E-state index contributed by atoms with van der Waals surface area (Å²) in [4.78, 5) is 13.8. The van der Waals surface area contributed by atoms with Crippen molar-refractivity contribution in [3.8, 4) is 0 Å². The first-order valence-electron chi connectivity index (χ1n) is 15.7. The number of aliphatic imine (C=N–C) groups is 2. The van der Waals surface area contributed by atoms with Gasteiger partial charge in [-0.1, -0.05) is 82.2 Å². The molecule has 0 radical (unpaired) electrons. The normalized spacial score (nSPS) is 23.8. The molecule has 2 aromatic rings. The highest BCUT2D eigenvalue weighted by molar-refractivity contribution is 6.27. The fraction of sp³-hybridized carbons (Fsp3) is 0.543. The van der Waals surface area contributed by atoms with Crippen LogP contribution in [0.25, 0.3) is 11.6 Å². The van der Waals surface area contributed by atoms with Gasteiger partial charge in [0.25, 0.3) is 0 Å². The van der Waals surface area contributed by atoms with Gasteiger partial charge in [-0.25, -0.2) is 0 Å². The number of hydrogen-bond acceptors (Lipinski definition) is 5. The van der Waals surface area contributed by atoms with Gasteiger partial charge in [0.2, 0.25) is 0 Å². The molecule has 42 heavy (non-hydrogen) atoms. The summed E-state index contributed by atoms with van der Waals surface area (Å²) in [7, 11) is 0. The maximum absolute atomic E-state index is 10.9. The van der Waals surface area contributed by atoms with Gasteiger partial charge in [0.1, 0.15) is 11.9 Å². The lowest BCUT2D eigenvalue weighted by molar-refractivity contribution is 0.00319. The summed E-state index contributed by atoms with van der Waals surface area (Å²) < 4.78 is 0. The SMILES string of the molecule is CCC=Cc1cc(/C(C(=NC2CC(CO)C(O)C2O)NC(C)=NC(C)c2ccccc2)=C(\C)C(C)CC)[nH]c1CCC. The quantitative estimate of drug-likeness (QED) is 0.147. The molecule has 1 aromatic heterocycles. The molecular formula is C35H52N4O3. The lowest BCUT2D eigenvalue weighted by Gasteiger charge is -2.22. The maximum Gasteiger partial charge on any atom is 0.136 e. The van der Waals surface area contributed by atoms with Crippen molar-refractivity contribution < 1.29 is 15.3 Å². The summed E-state index contributed by atoms with van der Waals surface area (Å²) in [6, 6.07) is 11.7. The summed E-state index contributed by atoms with van der Waals surface area (Å²) in [5.41, 5.74) is 6.57. The van der Waals surface area contributed by atoms with Gasteiger partial charge < -0.3 is 25.6 Å². The summed E-state index contributed by atoms with van der Waals surface area (Å²) in [5, 5.41) is 34.9. The number of amidine groups is 2. The standard InChI is InChI=1S/C35H52N4O3/c1-8-11-16-27-19-30(38-29(27)15-9-2)32(23(5)22(4)10-3)35(39-31-20-28(21-40)33(41)34(31)42)37-25(7)36-24(6)26-17-13-12-14-18-26/h11-14,16-19,22,24,28,31,33-34,38,40-42H,8-10,15,20-21H2,1-7H3,(H,36,37,39)/b16-11?,32-23-. The fourth-order valence-electron chi connectivity index (χ4n) is 5.61. The van der Waals surface area contributed by atoms with Crippen LogP contribution in [0, 0.1) is 11.8 Å². The summed E-state index contributed by atoms with van der Waals surface area (Å²) in [6.45, 7) is 14.7. The number of nitrogens with zero attached hydrogens (tertiary/aromatic N) is 2. The van der Waals surface area contributed by atoms with E-state index in [1.807, 2.05) is 25.1 Å². The van der Waals surface area contributed by atoms with E-state index in [0.29, 0.717) is 18.1 Å². The molecule has 0 bridgehead atoms. The third-order valence-corrected chi connectivity index (χ3v) is 8.49. The Morgan fingerprint density at radius 3 is 2.40 bits per heavy atom. The molecule has 1 aliphatic rings. The van der Waals surface area contributed by atoms with E-state index >= 15 is 0 Å². The van der Waals surface area contributed by atoms with Crippen LogP contribution in [0.5, 0.6) is 0 Å². The Labute approximate surface area is 252 Å². The predicted molar refractivity (Wildman–Crippen MR) is 176 cm³/mol. The Morgan fingerprint density at radius 1 is 1.10 bits per heavy atom. The number of aliphatic hydroxyl groups excluding tert-OH is 3. The maximum atomic E-state index is 10.9. The number of aryl methyl sites for hydroxylation is 1. The minimum Gasteiger partial charge on any atom is -0.396 e. The van der Waals surface area contributed by atoms with Crippen molar-refractivity contribution in [2.24, 2.45) is 21.8 Å². The Bertz CT molecular complexity index is 1260. The Kier molecular flexibility index (Phi) is 12.8. The van der Waals surface area contributed by atoms with Gasteiger partial charge in [0.15, 0.2) is 0 Å². The average Bonchev–Trinajstić information content (AvgIpc) is 3.50. The van der Waals surface area contributed by atoms with Crippen LogP contribution in [0.2, 0.25) is 0 Å². The minimum absolute atomic E-state index is 0.0619. The molecule has 1 heterocycles. The second-order valence-corrected chi connectivity index (χ2v) is 11.7. The topological polar surface area (TPSA) is 113 Å². The van der Waals surface area contributed by atoms with Crippen molar-refractivity contribution in [2.45, 2.75) is 105 Å². The Morgan fingerprint density at radius 2 is 1.81 bits per heavy atom. The van der Waals surface area contributed by atoms with Crippen LogP contribution in [0.3, 0.4) is 0 Å². The largest absolute Gasteiger partial charge is 0.396 e. The molecule has 1 aliphatic carbocycles. The molecule has 3 rings (SSSR count). The molecule has 6 atom stereocenters. The number of hydrogen-bond donors (Lipinski definition) is 5. The van der Waals surface area contributed by atoms with Crippen LogP contribution in [0.1, 0.15) is 103 Å². The number of allylic oxidation sites excluding steroid dienone is 2. The van der Waals surface area contributed by atoms with Gasteiger partial charge in [-0.2, -0.15) is 0 Å². The molecule has 1 aromatic carbocycles. The summed E-state index contributed by atoms with van der Waals surface area (Å²) in [5.74, 6) is 1.18. The molecule has 0 saturated heterocycles. The average molecular weight is 577 g/mol. The van der Waals surface area contributed by atoms with Crippen LogP contribution in [-0.2, 0) is 6.42 Å². The zero-order chi connectivity index (χ0) is 30.8. The van der Waals surface area contributed by atoms with E-state index in [9.17, 15) is 15.3 Å². The van der Waals surface area contributed by atoms with Crippen molar-refractivity contribution in [1.29, 1.82) is 0 Å². The number of benzene rings is 1. The predicted octanol–water partition coefficient (Wildman–Crippen LogP) is 6.48. The van der Waals surface area contributed by atoms with Gasteiger partial charge in [-0.05, 0) is 69.6 Å². The molecule has 0 spiro atoms. The first-order valence-corrected chi connectivity index (χ1v) is 15.7. The molecule has 1 saturated carbocycles. The van der Waals surface area contributed by atoms with E-state index in [2.05, 4.69) is 82.2 Å². The van der Waals surface area contributed by atoms with E-state index in [1.165, 1.54) is 16.8 Å². The number of nitrogens with one attached hydrogen (secondary N) is 2. The lowest BCUT2D eigenvalue weighted by Crippen LogP contribution is -2.35. The second-order valence-electron chi connectivity index (χ2n) is 11.7. The van der Waals surface area contributed by atoms with Crippen molar-refractivity contribution in [2.75, 3.05) is 6.61 Å². The smallest absolute Gasteiger partial charge is 0.136 e. The van der Waals surface area contributed by atoms with Gasteiger partial charge in [-0.3, -0.25) is 9.98 Å². The zero-order valence-corrected chi connectivity index (χ0v) is 26.6. The van der Waals surface area contributed by atoms with Crippen molar-refractivity contribution in [1.82, 2.24) is 10.3 Å². The molecule has 7 nitrogen and oxygen atoms in total. The zero-order valence-electron chi connectivity index (χ0n) is 26.6. The molecule has 0 aliphatic heterocycles. The third kappa shape index (κ3) is 8.30. The highest BCUT2D eigenvalue weighted by Crippen LogP contribution is 2.33. The van der Waals surface area contributed by atoms with Crippen molar-refractivity contribution in [3.05, 3.63) is 70.6 Å². The van der Waals surface area contributed by atoms with Crippen LogP contribution < -0.4 is 5.32 Å². The van der Waals surface area contributed by atoms with Crippen LogP contribution >= 0.6 is 0 Å². The van der Waals surface area contributed by atoms with E-state index in [-0.39, 0.29) is 18.6 Å². The summed E-state index contributed by atoms with van der Waals surface area (Å²) in [6.07, 6.45) is 6.54. The number of aromatic nitrogens is 1. The first-order chi connectivity index (χ1) is 20.1. The Balaban J connectivity index is 2.19. The van der Waals surface area contributed by atoms with E-state index in [4.69, 9.17) is 9.98 Å². The molecular weight excluding hydrogens is 524 g/mol. The van der Waals surface area contributed by atoms with E-state index in [1.54, 1.807) is 0 Å². The fourth-order valence-corrected chi connectivity index (χ4v) is 5.61. The lowest BCUT2D eigenvalue weighted by atomic mass is 9.92. The summed E-state index contributed by atoms with van der Waals surface area (Å²) >= 11 is 0. The van der Waals surface area contributed by atoms with E-state index < -0.39 is 24.2 Å². The minimum atomic E-state index is -1.06. The molecule has 7 heteroatoms. The Hall–Kier alpha value is -3.00. The number of H-pyrrole nitrogens is 1. The van der Waals surface area contributed by atoms with Crippen LogP contribution in [0.15, 0.2) is 58.0 Å². The number of aliphatic hydroxyl groups is 3. The monoisotopic (exact) mass is 576 g/mol. The molecule has 5 N–H and O–H groups in total. The van der Waals surface area contributed by atoms with Crippen LogP contribution in [-0.4, -0.2) is 56.8 Å². The molecule has 230 valence electrons. The third-order valence-electron chi connectivity index (χ3n) is 8.49. The van der Waals surface area contributed by atoms with Gasteiger partial charge in [-0.15, -0.1) is 0 Å². The van der Waals surface area contributed by atoms with Gasteiger partial charge >= 0.3 is 0 Å². The van der Waals surface area contributed by atoms with Crippen LogP contribution in [0.4, 0.5) is 0 Å².